The largest absolute Gasteiger partial charge is 0.376 e. The number of nitrogens with two attached hydrogens (primary N) is 1. The lowest BCUT2D eigenvalue weighted by atomic mass is 10.0. The highest BCUT2D eigenvalue weighted by molar-refractivity contribution is 5.94. The molecule has 0 saturated heterocycles. The van der Waals surface area contributed by atoms with Crippen LogP contribution in [0.25, 0.3) is 0 Å². The van der Waals surface area contributed by atoms with Gasteiger partial charge in [-0.25, -0.2) is 0 Å². The fraction of sp³-hybridized carbons (Fsp3) is 0.588. The van der Waals surface area contributed by atoms with Gasteiger partial charge in [-0.3, -0.25) is 4.79 Å². The molecular formula is C17H29ClN2O3. The molecule has 1 atom stereocenters. The number of carbonyl (C=O) groups excluding carboxylic acids is 1. The molecule has 0 aliphatic heterocycles. The Balaban J connectivity index is 0.00000484. The van der Waals surface area contributed by atoms with Crippen LogP contribution < -0.4 is 11.1 Å². The lowest BCUT2D eigenvalue weighted by molar-refractivity contribution is -0.118. The zero-order chi connectivity index (χ0) is 16.5. The van der Waals surface area contributed by atoms with Gasteiger partial charge in [-0.2, -0.15) is 0 Å². The van der Waals surface area contributed by atoms with E-state index in [1.807, 2.05) is 52.0 Å². The van der Waals surface area contributed by atoms with Gasteiger partial charge in [0.05, 0.1) is 32.0 Å². The van der Waals surface area contributed by atoms with Gasteiger partial charge in [0.25, 0.3) is 0 Å². The number of ether oxygens (including phenoxy) is 2. The summed E-state index contributed by atoms with van der Waals surface area (Å²) < 4.78 is 11.0. The molecule has 3 N–H and O–H groups in total. The average molecular weight is 345 g/mol. The number of halogens is 1. The Hall–Kier alpha value is -1.14. The molecule has 0 aliphatic rings. The lowest BCUT2D eigenvalue weighted by Crippen LogP contribution is -2.39. The van der Waals surface area contributed by atoms with Gasteiger partial charge >= 0.3 is 0 Å². The summed E-state index contributed by atoms with van der Waals surface area (Å²) in [4.78, 5) is 11.9. The second-order valence-corrected chi connectivity index (χ2v) is 5.93. The number of amides is 1. The molecule has 0 spiro atoms. The molecule has 132 valence electrons. The van der Waals surface area contributed by atoms with Crippen LogP contribution in [0.2, 0.25) is 0 Å². The van der Waals surface area contributed by atoms with Crippen LogP contribution in [-0.2, 0) is 20.9 Å². The Morgan fingerprint density at radius 3 is 2.52 bits per heavy atom. The van der Waals surface area contributed by atoms with E-state index in [0.29, 0.717) is 19.8 Å². The minimum Gasteiger partial charge on any atom is -0.376 e. The molecule has 0 bridgehead atoms. The summed E-state index contributed by atoms with van der Waals surface area (Å²) >= 11 is 0. The predicted molar refractivity (Wildman–Crippen MR) is 95.9 cm³/mol. The molecule has 1 amide bonds. The van der Waals surface area contributed by atoms with E-state index in [0.717, 1.165) is 11.3 Å². The van der Waals surface area contributed by atoms with Crippen molar-refractivity contribution in [3.05, 3.63) is 29.8 Å². The molecule has 0 heterocycles. The number of hydrogen-bond acceptors (Lipinski definition) is 4. The Bertz CT molecular complexity index is 467. The summed E-state index contributed by atoms with van der Waals surface area (Å²) in [6.45, 7) is 9.45. The van der Waals surface area contributed by atoms with Crippen molar-refractivity contribution in [3.63, 3.8) is 0 Å². The number of carbonyl (C=O) groups is 1. The number of anilines is 1. The maximum Gasteiger partial charge on any atom is 0.241 e. The zero-order valence-corrected chi connectivity index (χ0v) is 15.2. The molecule has 1 aromatic carbocycles. The van der Waals surface area contributed by atoms with E-state index in [-0.39, 0.29) is 30.3 Å². The Morgan fingerprint density at radius 1 is 1.22 bits per heavy atom. The summed E-state index contributed by atoms with van der Waals surface area (Å²) in [5.74, 6) is -0.0640. The summed E-state index contributed by atoms with van der Waals surface area (Å²) in [6, 6.07) is 7.08. The minimum atomic E-state index is -0.506. The summed E-state index contributed by atoms with van der Waals surface area (Å²) in [6.07, 6.45) is 0.215. The third-order valence-electron chi connectivity index (χ3n) is 3.16. The quantitative estimate of drug-likeness (QED) is 0.675. The van der Waals surface area contributed by atoms with Crippen LogP contribution in [0.3, 0.4) is 0 Å². The van der Waals surface area contributed by atoms with Crippen molar-refractivity contribution in [3.8, 4) is 0 Å². The van der Waals surface area contributed by atoms with Crippen LogP contribution in [0.4, 0.5) is 5.69 Å². The van der Waals surface area contributed by atoms with Crippen LogP contribution >= 0.6 is 12.4 Å². The molecule has 6 heteroatoms. The highest BCUT2D eigenvalue weighted by atomic mass is 35.5. The topological polar surface area (TPSA) is 73.6 Å². The Kier molecular flexibility index (Phi) is 10.8. The predicted octanol–water partition coefficient (Wildman–Crippen LogP) is 2.97. The summed E-state index contributed by atoms with van der Waals surface area (Å²) in [5.41, 5.74) is 7.57. The van der Waals surface area contributed by atoms with Crippen LogP contribution in [0.1, 0.15) is 33.3 Å². The molecule has 0 fully saturated rings. The first-order valence-electron chi connectivity index (χ1n) is 7.75. The zero-order valence-electron chi connectivity index (χ0n) is 14.4. The molecule has 23 heavy (non-hydrogen) atoms. The van der Waals surface area contributed by atoms with Crippen molar-refractivity contribution >= 4 is 24.0 Å². The smallest absolute Gasteiger partial charge is 0.241 e. The number of nitrogens with one attached hydrogen (secondary N) is 1. The Morgan fingerprint density at radius 2 is 1.91 bits per heavy atom. The molecule has 0 aromatic heterocycles. The molecule has 0 aliphatic carbocycles. The molecular weight excluding hydrogens is 316 g/mol. The van der Waals surface area contributed by atoms with E-state index in [2.05, 4.69) is 5.32 Å². The summed E-state index contributed by atoms with van der Waals surface area (Å²) in [5, 5.41) is 2.84. The van der Waals surface area contributed by atoms with Gasteiger partial charge in [0.15, 0.2) is 0 Å². The van der Waals surface area contributed by atoms with E-state index in [4.69, 9.17) is 15.2 Å². The van der Waals surface area contributed by atoms with Crippen molar-refractivity contribution in [1.82, 2.24) is 0 Å². The fourth-order valence-corrected chi connectivity index (χ4v) is 1.80. The SMILES string of the molecule is CC(C)OCCOCc1cccc(NC(=O)[C@@H](N)C(C)C)c1.Cl. The van der Waals surface area contributed by atoms with E-state index in [1.54, 1.807) is 0 Å². The van der Waals surface area contributed by atoms with Crippen LogP contribution in [0.5, 0.6) is 0 Å². The molecule has 1 rings (SSSR count). The first-order chi connectivity index (χ1) is 10.4. The molecule has 0 radical (unpaired) electrons. The van der Waals surface area contributed by atoms with Gasteiger partial charge in [0.1, 0.15) is 0 Å². The molecule has 1 aromatic rings. The van der Waals surface area contributed by atoms with E-state index < -0.39 is 6.04 Å². The minimum absolute atomic E-state index is 0. The molecule has 0 unspecified atom stereocenters. The number of hydrogen-bond donors (Lipinski definition) is 2. The van der Waals surface area contributed by atoms with Crippen molar-refractivity contribution in [2.75, 3.05) is 18.5 Å². The number of benzene rings is 1. The van der Waals surface area contributed by atoms with Crippen LogP contribution in [-0.4, -0.2) is 31.3 Å². The highest BCUT2D eigenvalue weighted by Crippen LogP contribution is 2.13. The van der Waals surface area contributed by atoms with Crippen molar-refractivity contribution in [2.45, 2.75) is 46.4 Å². The first kappa shape index (κ1) is 21.9. The maximum atomic E-state index is 11.9. The summed E-state index contributed by atoms with van der Waals surface area (Å²) in [7, 11) is 0. The molecule has 5 nitrogen and oxygen atoms in total. The van der Waals surface area contributed by atoms with Gasteiger partial charge in [-0.1, -0.05) is 26.0 Å². The van der Waals surface area contributed by atoms with Gasteiger partial charge < -0.3 is 20.5 Å². The normalized spacial score (nSPS) is 12.1. The van der Waals surface area contributed by atoms with Gasteiger partial charge in [0.2, 0.25) is 5.91 Å². The van der Waals surface area contributed by atoms with E-state index >= 15 is 0 Å². The fourth-order valence-electron chi connectivity index (χ4n) is 1.80. The second-order valence-electron chi connectivity index (χ2n) is 5.93. The third-order valence-corrected chi connectivity index (χ3v) is 3.16. The van der Waals surface area contributed by atoms with Crippen LogP contribution in [0, 0.1) is 5.92 Å². The van der Waals surface area contributed by atoms with Crippen LogP contribution in [0.15, 0.2) is 24.3 Å². The van der Waals surface area contributed by atoms with Gasteiger partial charge in [-0.15, -0.1) is 12.4 Å². The lowest BCUT2D eigenvalue weighted by Gasteiger charge is -2.15. The third kappa shape index (κ3) is 8.91. The van der Waals surface area contributed by atoms with E-state index in [9.17, 15) is 4.79 Å². The Labute approximate surface area is 145 Å². The van der Waals surface area contributed by atoms with Gasteiger partial charge in [0, 0.05) is 5.69 Å². The maximum absolute atomic E-state index is 11.9. The van der Waals surface area contributed by atoms with Crippen molar-refractivity contribution in [2.24, 2.45) is 11.7 Å². The number of rotatable bonds is 9. The first-order valence-corrected chi connectivity index (χ1v) is 7.75. The van der Waals surface area contributed by atoms with E-state index in [1.165, 1.54) is 0 Å². The monoisotopic (exact) mass is 344 g/mol. The van der Waals surface area contributed by atoms with Crippen molar-refractivity contribution < 1.29 is 14.3 Å². The highest BCUT2D eigenvalue weighted by Gasteiger charge is 2.17. The molecule has 0 saturated carbocycles. The standard InChI is InChI=1S/C17H28N2O3.ClH/c1-12(2)16(18)17(20)19-15-7-5-6-14(10-15)11-21-8-9-22-13(3)4;/h5-7,10,12-13,16H,8-9,11,18H2,1-4H3,(H,19,20);1H/t16-;/m0./s1. The van der Waals surface area contributed by atoms with Crippen molar-refractivity contribution in [1.29, 1.82) is 0 Å². The second kappa shape index (κ2) is 11.4. The van der Waals surface area contributed by atoms with Gasteiger partial charge in [-0.05, 0) is 37.5 Å². The average Bonchev–Trinajstić information content (AvgIpc) is 2.46.